The van der Waals surface area contributed by atoms with E-state index in [-0.39, 0.29) is 22.7 Å². The van der Waals surface area contributed by atoms with Crippen molar-refractivity contribution in [3.05, 3.63) is 64.6 Å². The van der Waals surface area contributed by atoms with E-state index in [9.17, 15) is 14.7 Å². The highest BCUT2D eigenvalue weighted by atomic mass is 16.3. The van der Waals surface area contributed by atoms with Crippen molar-refractivity contribution in [2.75, 3.05) is 5.32 Å². The first-order valence-electron chi connectivity index (χ1n) is 6.23. The molecule has 21 heavy (non-hydrogen) atoms. The Labute approximate surface area is 119 Å². The zero-order chi connectivity index (χ0) is 14.8. The zero-order valence-electron chi connectivity index (χ0n) is 10.8. The molecule has 3 aromatic rings. The molecule has 0 atom stereocenters. The van der Waals surface area contributed by atoms with Gasteiger partial charge in [-0.25, -0.2) is 5.10 Å². The predicted molar refractivity (Wildman–Crippen MR) is 78.4 cm³/mol. The Kier molecular flexibility index (Phi) is 3.12. The summed E-state index contributed by atoms with van der Waals surface area (Å²) >= 11 is 0. The number of hydrogen-bond donors (Lipinski definition) is 3. The van der Waals surface area contributed by atoms with Gasteiger partial charge in [0.15, 0.2) is 5.69 Å². The number of nitrogens with one attached hydrogen (secondary N) is 2. The Morgan fingerprint density at radius 1 is 1.05 bits per heavy atom. The number of rotatable bonds is 2. The van der Waals surface area contributed by atoms with Crippen LogP contribution in [0, 0.1) is 0 Å². The van der Waals surface area contributed by atoms with Gasteiger partial charge < -0.3 is 10.4 Å². The standard InChI is InChI=1S/C15H11N3O3/c19-12-8-4-3-7-11(12)16-15(21)13-9-5-1-2-6-10(9)14(20)18-17-13/h1-8,19H,(H,16,21)(H,18,20). The highest BCUT2D eigenvalue weighted by molar-refractivity contribution is 6.11. The molecule has 0 bridgehead atoms. The first-order chi connectivity index (χ1) is 10.2. The molecule has 0 unspecified atom stereocenters. The molecule has 0 saturated carbocycles. The Balaban J connectivity index is 2.05. The van der Waals surface area contributed by atoms with Crippen molar-refractivity contribution in [3.8, 4) is 5.75 Å². The van der Waals surface area contributed by atoms with Gasteiger partial charge in [-0.05, 0) is 18.2 Å². The average molecular weight is 281 g/mol. The fourth-order valence-corrected chi connectivity index (χ4v) is 2.05. The molecule has 0 aliphatic heterocycles. The van der Waals surface area contributed by atoms with Crippen LogP contribution in [0.15, 0.2) is 53.3 Å². The van der Waals surface area contributed by atoms with Crippen LogP contribution in [0.25, 0.3) is 10.8 Å². The van der Waals surface area contributed by atoms with Gasteiger partial charge in [0.05, 0.1) is 11.1 Å². The molecule has 3 N–H and O–H groups in total. The maximum Gasteiger partial charge on any atom is 0.276 e. The number of nitrogens with zero attached hydrogens (tertiary/aromatic N) is 1. The molecule has 6 heteroatoms. The van der Waals surface area contributed by atoms with Gasteiger partial charge in [0, 0.05) is 5.39 Å². The third-order valence-corrected chi connectivity index (χ3v) is 3.06. The smallest absolute Gasteiger partial charge is 0.276 e. The molecular weight excluding hydrogens is 270 g/mol. The molecule has 6 nitrogen and oxygen atoms in total. The van der Waals surface area contributed by atoms with Crippen LogP contribution >= 0.6 is 0 Å². The molecule has 1 heterocycles. The van der Waals surface area contributed by atoms with Crippen LogP contribution in [0.5, 0.6) is 5.75 Å². The van der Waals surface area contributed by atoms with Crippen molar-refractivity contribution in [1.29, 1.82) is 0 Å². The quantitative estimate of drug-likeness (QED) is 0.625. The molecule has 0 aliphatic rings. The molecule has 0 spiro atoms. The Hall–Kier alpha value is -3.15. The zero-order valence-corrected chi connectivity index (χ0v) is 10.8. The maximum absolute atomic E-state index is 12.3. The second kappa shape index (κ2) is 5.09. The number of aromatic amines is 1. The summed E-state index contributed by atoms with van der Waals surface area (Å²) in [6.45, 7) is 0. The fraction of sp³-hybridized carbons (Fsp3) is 0. The second-order valence-corrected chi connectivity index (χ2v) is 4.42. The minimum absolute atomic E-state index is 0.0421. The largest absolute Gasteiger partial charge is 0.506 e. The van der Waals surface area contributed by atoms with Crippen molar-refractivity contribution in [1.82, 2.24) is 10.2 Å². The second-order valence-electron chi connectivity index (χ2n) is 4.42. The van der Waals surface area contributed by atoms with Crippen molar-refractivity contribution < 1.29 is 9.90 Å². The summed E-state index contributed by atoms with van der Waals surface area (Å²) in [4.78, 5) is 24.0. The van der Waals surface area contributed by atoms with E-state index < -0.39 is 5.91 Å². The van der Waals surface area contributed by atoms with Crippen molar-refractivity contribution in [2.24, 2.45) is 0 Å². The summed E-state index contributed by atoms with van der Waals surface area (Å²) in [5.74, 6) is -0.552. The lowest BCUT2D eigenvalue weighted by Crippen LogP contribution is -2.19. The predicted octanol–water partition coefficient (Wildman–Crippen LogP) is 1.88. The number of hydrogen-bond acceptors (Lipinski definition) is 4. The molecule has 0 aliphatic carbocycles. The third kappa shape index (κ3) is 2.34. The molecule has 0 saturated heterocycles. The molecule has 104 valence electrons. The summed E-state index contributed by atoms with van der Waals surface area (Å²) in [6.07, 6.45) is 0. The Morgan fingerprint density at radius 3 is 2.48 bits per heavy atom. The summed E-state index contributed by atoms with van der Waals surface area (Å²) in [7, 11) is 0. The van der Waals surface area contributed by atoms with Crippen LogP contribution in [0.2, 0.25) is 0 Å². The van der Waals surface area contributed by atoms with E-state index in [2.05, 4.69) is 15.5 Å². The van der Waals surface area contributed by atoms with Gasteiger partial charge in [-0.3, -0.25) is 9.59 Å². The summed E-state index contributed by atoms with van der Waals surface area (Å²) in [5.41, 5.74) is 0.0118. The lowest BCUT2D eigenvalue weighted by molar-refractivity contribution is 0.102. The molecule has 0 fully saturated rings. The highest BCUT2D eigenvalue weighted by Gasteiger charge is 2.15. The van der Waals surface area contributed by atoms with Crippen molar-refractivity contribution >= 4 is 22.4 Å². The topological polar surface area (TPSA) is 95.1 Å². The number of benzene rings is 2. The van der Waals surface area contributed by atoms with E-state index in [0.717, 1.165) is 0 Å². The number of carbonyl (C=O) groups excluding carboxylic acids is 1. The number of aromatic nitrogens is 2. The molecule has 1 amide bonds. The maximum atomic E-state index is 12.3. The lowest BCUT2D eigenvalue weighted by atomic mass is 10.1. The van der Waals surface area contributed by atoms with Gasteiger partial charge in [0.1, 0.15) is 5.75 Å². The number of phenols is 1. The van der Waals surface area contributed by atoms with Gasteiger partial charge in [0.25, 0.3) is 11.5 Å². The number of H-pyrrole nitrogens is 1. The van der Waals surface area contributed by atoms with Gasteiger partial charge in [-0.1, -0.05) is 30.3 Å². The van der Waals surface area contributed by atoms with Gasteiger partial charge in [-0.15, -0.1) is 0 Å². The van der Waals surface area contributed by atoms with E-state index in [1.807, 2.05) is 0 Å². The van der Waals surface area contributed by atoms with E-state index in [1.165, 1.54) is 6.07 Å². The minimum atomic E-state index is -0.510. The monoisotopic (exact) mass is 281 g/mol. The number of anilines is 1. The molecule has 1 aromatic heterocycles. The number of carbonyl (C=O) groups is 1. The number of amides is 1. The first kappa shape index (κ1) is 12.9. The highest BCUT2D eigenvalue weighted by Crippen LogP contribution is 2.22. The molecule has 0 radical (unpaired) electrons. The van der Waals surface area contributed by atoms with Crippen LogP contribution < -0.4 is 10.9 Å². The van der Waals surface area contributed by atoms with E-state index in [4.69, 9.17) is 0 Å². The normalized spacial score (nSPS) is 10.5. The van der Waals surface area contributed by atoms with Crippen LogP contribution in [0.1, 0.15) is 10.5 Å². The van der Waals surface area contributed by atoms with Crippen molar-refractivity contribution in [3.63, 3.8) is 0 Å². The number of para-hydroxylation sites is 2. The van der Waals surface area contributed by atoms with E-state index >= 15 is 0 Å². The Morgan fingerprint density at radius 2 is 1.71 bits per heavy atom. The van der Waals surface area contributed by atoms with Gasteiger partial charge in [-0.2, -0.15) is 5.10 Å². The fourth-order valence-electron chi connectivity index (χ4n) is 2.05. The molecular formula is C15H11N3O3. The van der Waals surface area contributed by atoms with Crippen LogP contribution in [0.3, 0.4) is 0 Å². The van der Waals surface area contributed by atoms with Crippen molar-refractivity contribution in [2.45, 2.75) is 0 Å². The minimum Gasteiger partial charge on any atom is -0.506 e. The Bertz CT molecular complexity index is 886. The third-order valence-electron chi connectivity index (χ3n) is 3.06. The summed E-state index contributed by atoms with van der Waals surface area (Å²) < 4.78 is 0. The van der Waals surface area contributed by atoms with Crippen LogP contribution in [0.4, 0.5) is 5.69 Å². The number of fused-ring (bicyclic) bond motifs is 1. The van der Waals surface area contributed by atoms with Gasteiger partial charge in [0.2, 0.25) is 0 Å². The molecule has 2 aromatic carbocycles. The molecule has 3 rings (SSSR count). The van der Waals surface area contributed by atoms with Crippen LogP contribution in [-0.4, -0.2) is 21.2 Å². The average Bonchev–Trinajstić information content (AvgIpc) is 2.50. The first-order valence-corrected chi connectivity index (χ1v) is 6.23. The van der Waals surface area contributed by atoms with E-state index in [1.54, 1.807) is 42.5 Å². The number of phenolic OH excluding ortho intramolecular Hbond substituents is 1. The summed E-state index contributed by atoms with van der Waals surface area (Å²) in [6, 6.07) is 13.1. The lowest BCUT2D eigenvalue weighted by Gasteiger charge is -2.07. The van der Waals surface area contributed by atoms with Gasteiger partial charge >= 0.3 is 0 Å². The number of aromatic hydroxyl groups is 1. The van der Waals surface area contributed by atoms with E-state index in [0.29, 0.717) is 10.8 Å². The summed E-state index contributed by atoms with van der Waals surface area (Å²) in [5, 5.41) is 19.2. The van der Waals surface area contributed by atoms with Crippen LogP contribution in [-0.2, 0) is 0 Å². The SMILES string of the molecule is O=C(Nc1ccccc1O)c1n[nH]c(=O)c2ccccc12.